The minimum absolute atomic E-state index is 0.195. The summed E-state index contributed by atoms with van der Waals surface area (Å²) in [5.41, 5.74) is 2.03. The minimum Gasteiger partial charge on any atom is -0.482 e. The van der Waals surface area contributed by atoms with E-state index in [-0.39, 0.29) is 13.2 Å². The lowest BCUT2D eigenvalue weighted by molar-refractivity contribution is -0.143. The fourth-order valence-corrected chi connectivity index (χ4v) is 2.99. The van der Waals surface area contributed by atoms with Crippen molar-refractivity contribution < 1.29 is 23.8 Å². The molecule has 27 heavy (non-hydrogen) atoms. The third kappa shape index (κ3) is 5.43. The molecule has 8 heteroatoms. The molecule has 0 saturated carbocycles. The summed E-state index contributed by atoms with van der Waals surface area (Å²) in [7, 11) is 1.30. The average molecular weight is 392 g/mol. The molecule has 1 heterocycles. The number of allylic oxidation sites excluding steroid dienone is 1. The van der Waals surface area contributed by atoms with E-state index in [1.165, 1.54) is 7.11 Å². The fraction of sp³-hybridized carbons (Fsp3) is 0.421. The maximum atomic E-state index is 12.6. The molecule has 1 aromatic rings. The van der Waals surface area contributed by atoms with Crippen LogP contribution in [0.25, 0.3) is 0 Å². The maximum absolute atomic E-state index is 12.6. The molecule has 1 aliphatic rings. The van der Waals surface area contributed by atoms with Crippen molar-refractivity contribution in [2.75, 3.05) is 20.3 Å². The molecular formula is C19H24N2O5S. The molecule has 0 saturated heterocycles. The molecule has 0 aromatic heterocycles. The van der Waals surface area contributed by atoms with Crippen LogP contribution >= 0.6 is 12.2 Å². The second kappa shape index (κ2) is 9.91. The fourth-order valence-electron chi connectivity index (χ4n) is 2.75. The molecule has 0 unspecified atom stereocenters. The topological polar surface area (TPSA) is 85.9 Å². The number of nitrogens with one attached hydrogen (secondary N) is 2. The van der Waals surface area contributed by atoms with Gasteiger partial charge in [0.25, 0.3) is 0 Å². The van der Waals surface area contributed by atoms with E-state index in [0.29, 0.717) is 22.9 Å². The van der Waals surface area contributed by atoms with E-state index in [1.54, 1.807) is 25.1 Å². The first-order valence-corrected chi connectivity index (χ1v) is 9.18. The quantitative estimate of drug-likeness (QED) is 0.515. The van der Waals surface area contributed by atoms with Crippen LogP contribution in [0.3, 0.4) is 0 Å². The van der Waals surface area contributed by atoms with Gasteiger partial charge in [0.2, 0.25) is 0 Å². The molecule has 2 N–H and O–H groups in total. The van der Waals surface area contributed by atoms with Crippen LogP contribution in [-0.4, -0.2) is 37.4 Å². The number of benzene rings is 1. The lowest BCUT2D eigenvalue weighted by Crippen LogP contribution is -2.45. The molecule has 0 amide bonds. The van der Waals surface area contributed by atoms with Crippen molar-refractivity contribution in [2.24, 2.45) is 0 Å². The number of hydrogen-bond acceptors (Lipinski definition) is 6. The Bertz CT molecular complexity index is 747. The highest BCUT2D eigenvalue weighted by Gasteiger charge is 2.32. The van der Waals surface area contributed by atoms with Crippen LogP contribution in [0, 0.1) is 0 Å². The average Bonchev–Trinajstić information content (AvgIpc) is 2.66. The summed E-state index contributed by atoms with van der Waals surface area (Å²) < 4.78 is 15.3. The standard InChI is InChI=1S/C19H24N2O5S/c1-4-7-14-16(18(23)25-5-2)17(21-19(27)20-14)12-8-6-9-13(10-12)26-11-15(22)24-3/h6,8-10,17H,4-5,7,11H2,1-3H3,(H2,20,21,27)/t17-/m1/s1. The highest BCUT2D eigenvalue weighted by molar-refractivity contribution is 7.80. The summed E-state index contributed by atoms with van der Waals surface area (Å²) in [6, 6.07) is 6.67. The lowest BCUT2D eigenvalue weighted by Gasteiger charge is -2.31. The Morgan fingerprint density at radius 3 is 2.70 bits per heavy atom. The lowest BCUT2D eigenvalue weighted by atomic mass is 9.94. The third-order valence-electron chi connectivity index (χ3n) is 3.92. The predicted molar refractivity (Wildman–Crippen MR) is 104 cm³/mol. The van der Waals surface area contributed by atoms with E-state index in [2.05, 4.69) is 15.4 Å². The Morgan fingerprint density at radius 1 is 1.26 bits per heavy atom. The molecule has 2 rings (SSSR count). The maximum Gasteiger partial charge on any atom is 0.343 e. The SMILES string of the molecule is CCCC1=C(C(=O)OCC)[C@@H](c2cccc(OCC(=O)OC)c2)NC(=S)N1. The van der Waals surface area contributed by atoms with Crippen LogP contribution in [0.5, 0.6) is 5.75 Å². The Labute approximate surface area is 164 Å². The zero-order chi connectivity index (χ0) is 19.8. The Morgan fingerprint density at radius 2 is 2.04 bits per heavy atom. The summed E-state index contributed by atoms with van der Waals surface area (Å²) in [6.07, 6.45) is 1.52. The first kappa shape index (κ1) is 20.7. The molecule has 0 radical (unpaired) electrons. The summed E-state index contributed by atoms with van der Waals surface area (Å²) in [5.74, 6) is -0.377. The molecule has 1 aromatic carbocycles. The minimum atomic E-state index is -0.473. The van der Waals surface area contributed by atoms with Gasteiger partial charge in [-0.25, -0.2) is 9.59 Å². The highest BCUT2D eigenvalue weighted by Crippen LogP contribution is 2.31. The van der Waals surface area contributed by atoms with Gasteiger partial charge in [-0.05, 0) is 43.3 Å². The molecule has 0 fully saturated rings. The van der Waals surface area contributed by atoms with Crippen LogP contribution in [-0.2, 0) is 19.1 Å². The first-order chi connectivity index (χ1) is 13.0. The van der Waals surface area contributed by atoms with E-state index >= 15 is 0 Å². The zero-order valence-corrected chi connectivity index (χ0v) is 16.5. The van der Waals surface area contributed by atoms with Crippen molar-refractivity contribution in [3.05, 3.63) is 41.1 Å². The van der Waals surface area contributed by atoms with Crippen LogP contribution in [0.2, 0.25) is 0 Å². The van der Waals surface area contributed by atoms with Crippen molar-refractivity contribution in [1.82, 2.24) is 10.6 Å². The molecule has 1 aliphatic heterocycles. The second-order valence-corrected chi connectivity index (χ2v) is 6.24. The molecule has 7 nitrogen and oxygen atoms in total. The van der Waals surface area contributed by atoms with Crippen LogP contribution in [0.4, 0.5) is 0 Å². The van der Waals surface area contributed by atoms with Gasteiger partial charge >= 0.3 is 11.9 Å². The summed E-state index contributed by atoms with van der Waals surface area (Å²) in [5, 5.41) is 6.65. The largest absolute Gasteiger partial charge is 0.482 e. The number of rotatable bonds is 8. The van der Waals surface area contributed by atoms with Gasteiger partial charge in [-0.2, -0.15) is 0 Å². The van der Waals surface area contributed by atoms with Gasteiger partial charge in [0.1, 0.15) is 5.75 Å². The number of ether oxygens (including phenoxy) is 3. The predicted octanol–water partition coefficient (Wildman–Crippen LogP) is 2.37. The van der Waals surface area contributed by atoms with Gasteiger partial charge in [0.15, 0.2) is 11.7 Å². The van der Waals surface area contributed by atoms with E-state index in [0.717, 1.165) is 17.7 Å². The van der Waals surface area contributed by atoms with Gasteiger partial charge in [0, 0.05) is 5.70 Å². The molecule has 0 aliphatic carbocycles. The first-order valence-electron chi connectivity index (χ1n) is 8.77. The smallest absolute Gasteiger partial charge is 0.343 e. The molecular weight excluding hydrogens is 368 g/mol. The van der Waals surface area contributed by atoms with Crippen molar-refractivity contribution >= 4 is 29.3 Å². The van der Waals surface area contributed by atoms with Crippen LogP contribution in [0.1, 0.15) is 38.3 Å². The van der Waals surface area contributed by atoms with Crippen molar-refractivity contribution in [2.45, 2.75) is 32.7 Å². The summed E-state index contributed by atoms with van der Waals surface area (Å²) in [4.78, 5) is 23.9. The van der Waals surface area contributed by atoms with E-state index in [9.17, 15) is 9.59 Å². The number of carbonyl (C=O) groups excluding carboxylic acids is 2. The molecule has 0 bridgehead atoms. The second-order valence-electron chi connectivity index (χ2n) is 5.83. The Hall–Kier alpha value is -2.61. The monoisotopic (exact) mass is 392 g/mol. The third-order valence-corrected chi connectivity index (χ3v) is 4.14. The normalized spacial score (nSPS) is 16.3. The van der Waals surface area contributed by atoms with E-state index in [1.807, 2.05) is 13.0 Å². The van der Waals surface area contributed by atoms with E-state index < -0.39 is 18.0 Å². The van der Waals surface area contributed by atoms with Gasteiger partial charge < -0.3 is 24.8 Å². The summed E-state index contributed by atoms with van der Waals surface area (Å²) in [6.45, 7) is 3.88. The van der Waals surface area contributed by atoms with Crippen molar-refractivity contribution in [3.63, 3.8) is 0 Å². The van der Waals surface area contributed by atoms with E-state index in [4.69, 9.17) is 21.7 Å². The number of hydrogen-bond donors (Lipinski definition) is 2. The van der Waals surface area contributed by atoms with Crippen molar-refractivity contribution in [1.29, 1.82) is 0 Å². The van der Waals surface area contributed by atoms with Gasteiger partial charge in [-0.3, -0.25) is 0 Å². The van der Waals surface area contributed by atoms with Crippen molar-refractivity contribution in [3.8, 4) is 5.75 Å². The summed E-state index contributed by atoms with van der Waals surface area (Å²) >= 11 is 5.31. The highest BCUT2D eigenvalue weighted by atomic mass is 32.1. The zero-order valence-electron chi connectivity index (χ0n) is 15.7. The molecule has 146 valence electrons. The number of thiocarbonyl (C=S) groups is 1. The molecule has 0 spiro atoms. The van der Waals surface area contributed by atoms with Gasteiger partial charge in [-0.1, -0.05) is 25.5 Å². The van der Waals surface area contributed by atoms with Crippen LogP contribution in [0.15, 0.2) is 35.5 Å². The number of methoxy groups -OCH3 is 1. The Kier molecular flexibility index (Phi) is 7.60. The number of esters is 2. The van der Waals surface area contributed by atoms with Crippen LogP contribution < -0.4 is 15.4 Å². The van der Waals surface area contributed by atoms with Gasteiger partial charge in [-0.15, -0.1) is 0 Å². The van der Waals surface area contributed by atoms with Gasteiger partial charge in [0.05, 0.1) is 25.3 Å². The number of carbonyl (C=O) groups is 2. The Balaban J connectivity index is 2.37. The molecule has 1 atom stereocenters.